The number of H-pyrrole nitrogens is 1. The fourth-order valence-corrected chi connectivity index (χ4v) is 3.21. The van der Waals surface area contributed by atoms with Gasteiger partial charge in [0.05, 0.1) is 21.1 Å². The molecule has 1 aliphatic rings. The number of ketones is 1. The summed E-state index contributed by atoms with van der Waals surface area (Å²) in [6.45, 7) is 0. The van der Waals surface area contributed by atoms with Crippen LogP contribution < -0.4 is 0 Å². The Morgan fingerprint density at radius 3 is 2.65 bits per heavy atom. The molecular formula is C15H16Cl2N2O. The average molecular weight is 311 g/mol. The monoisotopic (exact) mass is 310 g/mol. The lowest BCUT2D eigenvalue weighted by Crippen LogP contribution is -2.13. The first-order valence-corrected chi connectivity index (χ1v) is 7.77. The maximum absolute atomic E-state index is 12.3. The number of rotatable bonds is 3. The van der Waals surface area contributed by atoms with E-state index in [1.165, 1.54) is 19.3 Å². The van der Waals surface area contributed by atoms with Crippen LogP contribution in [0.2, 0.25) is 10.0 Å². The first-order valence-electron chi connectivity index (χ1n) is 7.01. The number of hydrogen-bond donors (Lipinski definition) is 1. The van der Waals surface area contributed by atoms with Crippen molar-refractivity contribution in [2.24, 2.45) is 5.92 Å². The highest BCUT2D eigenvalue weighted by molar-refractivity contribution is 6.42. The Morgan fingerprint density at radius 1 is 1.20 bits per heavy atom. The number of aromatic amines is 1. The number of hydrogen-bond acceptors (Lipinski definition) is 2. The molecule has 1 aromatic carbocycles. The van der Waals surface area contributed by atoms with E-state index in [0.29, 0.717) is 33.7 Å². The quantitative estimate of drug-likeness (QED) is 0.809. The Labute approximate surface area is 127 Å². The molecule has 0 amide bonds. The molecule has 0 bridgehead atoms. The van der Waals surface area contributed by atoms with Gasteiger partial charge in [-0.15, -0.1) is 0 Å². The molecule has 1 fully saturated rings. The summed E-state index contributed by atoms with van der Waals surface area (Å²) in [6, 6.07) is 3.40. The number of aromatic nitrogens is 2. The number of halogens is 2. The predicted octanol–water partition coefficient (Wildman–Crippen LogP) is 5.02. The Morgan fingerprint density at radius 2 is 1.90 bits per heavy atom. The van der Waals surface area contributed by atoms with E-state index in [9.17, 15) is 4.79 Å². The lowest BCUT2D eigenvalue weighted by Gasteiger charge is -2.20. The van der Waals surface area contributed by atoms with Crippen molar-refractivity contribution in [2.75, 3.05) is 0 Å². The summed E-state index contributed by atoms with van der Waals surface area (Å²) in [4.78, 5) is 19.7. The van der Waals surface area contributed by atoms with Crippen molar-refractivity contribution < 1.29 is 4.79 Å². The van der Waals surface area contributed by atoms with Gasteiger partial charge >= 0.3 is 0 Å². The Hall–Kier alpha value is -1.06. The predicted molar refractivity (Wildman–Crippen MR) is 81.6 cm³/mol. The third-order valence-corrected chi connectivity index (χ3v) is 4.71. The van der Waals surface area contributed by atoms with E-state index in [1.54, 1.807) is 12.1 Å². The van der Waals surface area contributed by atoms with Gasteiger partial charge in [-0.2, -0.15) is 0 Å². The highest BCUT2D eigenvalue weighted by atomic mass is 35.5. The zero-order valence-corrected chi connectivity index (χ0v) is 12.6. The van der Waals surface area contributed by atoms with Gasteiger partial charge in [0.2, 0.25) is 0 Å². The number of imidazole rings is 1. The third kappa shape index (κ3) is 2.84. The van der Waals surface area contributed by atoms with Gasteiger partial charge in [-0.1, -0.05) is 55.3 Å². The smallest absolute Gasteiger partial charge is 0.198 e. The number of benzene rings is 1. The van der Waals surface area contributed by atoms with E-state index in [0.717, 1.165) is 18.4 Å². The van der Waals surface area contributed by atoms with Crippen LogP contribution in [0.15, 0.2) is 12.1 Å². The fourth-order valence-electron chi connectivity index (χ4n) is 2.89. The standard InChI is InChI=1S/C15H16Cl2N2O/c16-10-7-12-13(8-11(10)17)19-15(18-12)14(20)6-9-4-2-1-3-5-9/h7-9H,1-6H2,(H,18,19). The van der Waals surface area contributed by atoms with Crippen molar-refractivity contribution in [1.82, 2.24) is 9.97 Å². The molecule has 0 radical (unpaired) electrons. The normalized spacial score (nSPS) is 16.7. The molecule has 0 saturated heterocycles. The SMILES string of the molecule is O=C(CC1CCCCC1)c1nc2cc(Cl)c(Cl)cc2[nH]1. The topological polar surface area (TPSA) is 45.8 Å². The highest BCUT2D eigenvalue weighted by Gasteiger charge is 2.20. The molecule has 2 aromatic rings. The van der Waals surface area contributed by atoms with Crippen molar-refractivity contribution in [1.29, 1.82) is 0 Å². The van der Waals surface area contributed by atoms with Crippen molar-refractivity contribution in [2.45, 2.75) is 38.5 Å². The Balaban J connectivity index is 1.80. The van der Waals surface area contributed by atoms with Crippen LogP contribution >= 0.6 is 23.2 Å². The number of nitrogens with zero attached hydrogens (tertiary/aromatic N) is 1. The molecule has 1 aliphatic carbocycles. The van der Waals surface area contributed by atoms with Crippen molar-refractivity contribution >= 4 is 40.0 Å². The third-order valence-electron chi connectivity index (χ3n) is 3.99. The van der Waals surface area contributed by atoms with Crippen LogP contribution in [0.1, 0.15) is 49.1 Å². The zero-order chi connectivity index (χ0) is 14.1. The van der Waals surface area contributed by atoms with E-state index < -0.39 is 0 Å². The molecule has 1 heterocycles. The molecule has 3 nitrogen and oxygen atoms in total. The minimum Gasteiger partial charge on any atom is -0.335 e. The molecule has 0 aliphatic heterocycles. The van der Waals surface area contributed by atoms with Crippen LogP contribution in [0.5, 0.6) is 0 Å². The number of carbonyl (C=O) groups excluding carboxylic acids is 1. The van der Waals surface area contributed by atoms with Gasteiger partial charge in [0.15, 0.2) is 11.6 Å². The maximum Gasteiger partial charge on any atom is 0.198 e. The van der Waals surface area contributed by atoms with E-state index in [-0.39, 0.29) is 5.78 Å². The Bertz CT molecular complexity index is 606. The summed E-state index contributed by atoms with van der Waals surface area (Å²) >= 11 is 11.9. The first kappa shape index (κ1) is 13.9. The van der Waals surface area contributed by atoms with Gasteiger partial charge in [-0.3, -0.25) is 4.79 Å². The molecule has 3 rings (SSSR count). The number of Topliss-reactive ketones (excluding diaryl/α,β-unsaturated/α-hetero) is 1. The second-order valence-electron chi connectivity index (χ2n) is 5.50. The molecular weight excluding hydrogens is 295 g/mol. The molecule has 20 heavy (non-hydrogen) atoms. The molecule has 5 heteroatoms. The summed E-state index contributed by atoms with van der Waals surface area (Å²) in [5.41, 5.74) is 1.44. The van der Waals surface area contributed by atoms with E-state index >= 15 is 0 Å². The van der Waals surface area contributed by atoms with Crippen molar-refractivity contribution in [3.8, 4) is 0 Å². The van der Waals surface area contributed by atoms with Gasteiger partial charge in [-0.05, 0) is 18.1 Å². The fraction of sp³-hybridized carbons (Fsp3) is 0.467. The van der Waals surface area contributed by atoms with E-state index in [2.05, 4.69) is 9.97 Å². The van der Waals surface area contributed by atoms with Gasteiger partial charge < -0.3 is 4.98 Å². The minimum absolute atomic E-state index is 0.0837. The van der Waals surface area contributed by atoms with Crippen LogP contribution in [0, 0.1) is 5.92 Å². The molecule has 106 valence electrons. The van der Waals surface area contributed by atoms with E-state index in [4.69, 9.17) is 23.2 Å². The summed E-state index contributed by atoms with van der Waals surface area (Å²) in [5, 5.41) is 0.922. The maximum atomic E-state index is 12.3. The van der Waals surface area contributed by atoms with E-state index in [1.807, 2.05) is 0 Å². The molecule has 0 atom stereocenters. The second-order valence-corrected chi connectivity index (χ2v) is 6.31. The van der Waals surface area contributed by atoms with Crippen LogP contribution in [0.4, 0.5) is 0 Å². The summed E-state index contributed by atoms with van der Waals surface area (Å²) in [5.74, 6) is 1.01. The summed E-state index contributed by atoms with van der Waals surface area (Å²) in [7, 11) is 0. The largest absolute Gasteiger partial charge is 0.335 e. The molecule has 1 saturated carbocycles. The van der Waals surface area contributed by atoms with Crippen LogP contribution in [-0.2, 0) is 0 Å². The number of carbonyl (C=O) groups is 1. The van der Waals surface area contributed by atoms with Gasteiger partial charge in [-0.25, -0.2) is 4.98 Å². The van der Waals surface area contributed by atoms with Crippen molar-refractivity contribution in [3.63, 3.8) is 0 Å². The average Bonchev–Trinajstić information content (AvgIpc) is 2.83. The minimum atomic E-state index is 0.0837. The highest BCUT2D eigenvalue weighted by Crippen LogP contribution is 2.29. The van der Waals surface area contributed by atoms with Crippen molar-refractivity contribution in [3.05, 3.63) is 28.0 Å². The number of fused-ring (bicyclic) bond motifs is 1. The zero-order valence-electron chi connectivity index (χ0n) is 11.1. The number of nitrogens with one attached hydrogen (secondary N) is 1. The van der Waals surface area contributed by atoms with Crippen LogP contribution in [-0.4, -0.2) is 15.8 Å². The molecule has 0 spiro atoms. The van der Waals surface area contributed by atoms with Gasteiger partial charge in [0.1, 0.15) is 0 Å². The van der Waals surface area contributed by atoms with Crippen LogP contribution in [0.25, 0.3) is 11.0 Å². The lowest BCUT2D eigenvalue weighted by molar-refractivity contribution is 0.0941. The van der Waals surface area contributed by atoms with Gasteiger partial charge in [0, 0.05) is 6.42 Å². The first-order chi connectivity index (χ1) is 9.63. The van der Waals surface area contributed by atoms with Crippen LogP contribution in [0.3, 0.4) is 0 Å². The summed E-state index contributed by atoms with van der Waals surface area (Å²) in [6.07, 6.45) is 6.67. The lowest BCUT2D eigenvalue weighted by atomic mass is 9.86. The molecule has 1 N–H and O–H groups in total. The molecule has 0 unspecified atom stereocenters. The van der Waals surface area contributed by atoms with Gasteiger partial charge in [0.25, 0.3) is 0 Å². The second kappa shape index (κ2) is 5.74. The Kier molecular flexibility index (Phi) is 3.99. The molecule has 1 aromatic heterocycles. The summed E-state index contributed by atoms with van der Waals surface area (Å²) < 4.78 is 0.